The Hall–Kier alpha value is -0.890. The zero-order valence-electron chi connectivity index (χ0n) is 8.52. The van der Waals surface area contributed by atoms with Crippen LogP contribution in [0.15, 0.2) is 24.3 Å². The highest BCUT2D eigenvalue weighted by atomic mass is 19.1. The van der Waals surface area contributed by atoms with Crippen molar-refractivity contribution in [1.82, 2.24) is 5.32 Å². The van der Waals surface area contributed by atoms with E-state index in [4.69, 9.17) is 0 Å². The number of rotatable bonds is 2. The summed E-state index contributed by atoms with van der Waals surface area (Å²) in [5.41, 5.74) is 1.59. The van der Waals surface area contributed by atoms with E-state index >= 15 is 0 Å². The molecular formula is C12H16FN. The number of halogens is 1. The predicted molar refractivity (Wildman–Crippen MR) is 55.7 cm³/mol. The first-order chi connectivity index (χ1) is 6.68. The minimum atomic E-state index is -0.150. The smallest absolute Gasteiger partial charge is 0.123 e. The van der Waals surface area contributed by atoms with E-state index in [1.807, 2.05) is 12.1 Å². The quantitative estimate of drug-likeness (QED) is 0.760. The van der Waals surface area contributed by atoms with Crippen molar-refractivity contribution in [2.24, 2.45) is 5.41 Å². The van der Waals surface area contributed by atoms with Crippen molar-refractivity contribution in [3.63, 3.8) is 0 Å². The van der Waals surface area contributed by atoms with Gasteiger partial charge >= 0.3 is 0 Å². The Balaban J connectivity index is 2.06. The van der Waals surface area contributed by atoms with Gasteiger partial charge in [-0.2, -0.15) is 0 Å². The zero-order chi connectivity index (χ0) is 10.0. The Morgan fingerprint density at radius 2 is 2.07 bits per heavy atom. The van der Waals surface area contributed by atoms with Gasteiger partial charge in [-0.15, -0.1) is 0 Å². The van der Waals surface area contributed by atoms with Gasteiger partial charge in [0.2, 0.25) is 0 Å². The Bertz CT molecular complexity index is 299. The Morgan fingerprint density at radius 3 is 2.64 bits per heavy atom. The molecule has 1 saturated heterocycles. The largest absolute Gasteiger partial charge is 0.316 e. The second-order valence-electron chi connectivity index (χ2n) is 4.54. The highest BCUT2D eigenvalue weighted by Crippen LogP contribution is 2.28. The highest BCUT2D eigenvalue weighted by Gasteiger charge is 2.28. The lowest BCUT2D eigenvalue weighted by molar-refractivity contribution is 0.362. The van der Waals surface area contributed by atoms with E-state index in [1.165, 1.54) is 12.0 Å². The van der Waals surface area contributed by atoms with Crippen LogP contribution in [-0.4, -0.2) is 13.1 Å². The Morgan fingerprint density at radius 1 is 1.36 bits per heavy atom. The molecule has 0 saturated carbocycles. The normalized spacial score (nSPS) is 26.7. The van der Waals surface area contributed by atoms with Gasteiger partial charge in [0.05, 0.1) is 0 Å². The predicted octanol–water partition coefficient (Wildman–Crippen LogP) is 2.37. The summed E-state index contributed by atoms with van der Waals surface area (Å²) < 4.78 is 12.7. The third-order valence-electron chi connectivity index (χ3n) is 3.00. The lowest BCUT2D eigenvalue weighted by atomic mass is 9.83. The first kappa shape index (κ1) is 9.66. The molecule has 0 aliphatic carbocycles. The lowest BCUT2D eigenvalue weighted by Crippen LogP contribution is -2.22. The van der Waals surface area contributed by atoms with Crippen molar-refractivity contribution in [3.05, 3.63) is 35.6 Å². The van der Waals surface area contributed by atoms with E-state index in [0.29, 0.717) is 5.41 Å². The molecule has 1 fully saturated rings. The van der Waals surface area contributed by atoms with Crippen molar-refractivity contribution in [3.8, 4) is 0 Å². The van der Waals surface area contributed by atoms with Crippen LogP contribution >= 0.6 is 0 Å². The van der Waals surface area contributed by atoms with Gasteiger partial charge in [0.25, 0.3) is 0 Å². The third kappa shape index (κ3) is 2.13. The molecule has 0 amide bonds. The maximum Gasteiger partial charge on any atom is 0.123 e. The maximum atomic E-state index is 12.7. The van der Waals surface area contributed by atoms with Crippen LogP contribution in [0.25, 0.3) is 0 Å². The van der Waals surface area contributed by atoms with E-state index in [2.05, 4.69) is 12.2 Å². The van der Waals surface area contributed by atoms with Crippen molar-refractivity contribution in [1.29, 1.82) is 0 Å². The molecule has 0 aromatic heterocycles. The number of benzene rings is 1. The van der Waals surface area contributed by atoms with Gasteiger partial charge in [-0.3, -0.25) is 0 Å². The van der Waals surface area contributed by atoms with Crippen LogP contribution < -0.4 is 5.32 Å². The topological polar surface area (TPSA) is 12.0 Å². The average molecular weight is 193 g/mol. The molecule has 1 nitrogen and oxygen atoms in total. The summed E-state index contributed by atoms with van der Waals surface area (Å²) >= 11 is 0. The van der Waals surface area contributed by atoms with E-state index in [0.717, 1.165) is 19.5 Å². The molecule has 0 radical (unpaired) electrons. The van der Waals surface area contributed by atoms with E-state index in [-0.39, 0.29) is 5.82 Å². The minimum Gasteiger partial charge on any atom is -0.316 e. The second-order valence-corrected chi connectivity index (χ2v) is 4.54. The van der Waals surface area contributed by atoms with Crippen molar-refractivity contribution in [2.45, 2.75) is 19.8 Å². The van der Waals surface area contributed by atoms with Crippen LogP contribution in [0.1, 0.15) is 18.9 Å². The first-order valence-electron chi connectivity index (χ1n) is 5.13. The molecule has 2 rings (SSSR count). The van der Waals surface area contributed by atoms with Crippen molar-refractivity contribution < 1.29 is 4.39 Å². The fourth-order valence-corrected chi connectivity index (χ4v) is 2.11. The summed E-state index contributed by atoms with van der Waals surface area (Å²) in [6.07, 6.45) is 2.25. The van der Waals surface area contributed by atoms with Gasteiger partial charge < -0.3 is 5.32 Å². The van der Waals surface area contributed by atoms with Gasteiger partial charge in [0.15, 0.2) is 0 Å². The molecule has 2 heteroatoms. The standard InChI is InChI=1S/C12H16FN/c1-12(6-7-14-9-12)8-10-2-4-11(13)5-3-10/h2-5,14H,6-9H2,1H3. The molecule has 1 aromatic rings. The summed E-state index contributed by atoms with van der Waals surface area (Å²) in [6, 6.07) is 6.86. The fourth-order valence-electron chi connectivity index (χ4n) is 2.11. The van der Waals surface area contributed by atoms with Crippen LogP contribution in [0.4, 0.5) is 4.39 Å². The third-order valence-corrected chi connectivity index (χ3v) is 3.00. The average Bonchev–Trinajstić information content (AvgIpc) is 2.57. The molecule has 1 aliphatic rings. The summed E-state index contributed by atoms with van der Waals surface area (Å²) in [5, 5.41) is 3.37. The summed E-state index contributed by atoms with van der Waals surface area (Å²) in [6.45, 7) is 4.47. The van der Waals surface area contributed by atoms with Gasteiger partial charge in [0, 0.05) is 6.54 Å². The molecule has 0 bridgehead atoms. The van der Waals surface area contributed by atoms with E-state index in [9.17, 15) is 4.39 Å². The Labute approximate surface area is 84.3 Å². The van der Waals surface area contributed by atoms with Crippen LogP contribution in [0.5, 0.6) is 0 Å². The van der Waals surface area contributed by atoms with Gasteiger partial charge in [0.1, 0.15) is 5.82 Å². The fraction of sp³-hybridized carbons (Fsp3) is 0.500. The zero-order valence-corrected chi connectivity index (χ0v) is 8.52. The highest BCUT2D eigenvalue weighted by molar-refractivity contribution is 5.18. The minimum absolute atomic E-state index is 0.150. The number of hydrogen-bond donors (Lipinski definition) is 1. The van der Waals surface area contributed by atoms with Gasteiger partial charge in [-0.05, 0) is 42.5 Å². The lowest BCUT2D eigenvalue weighted by Gasteiger charge is -2.22. The molecular weight excluding hydrogens is 177 g/mol. The van der Waals surface area contributed by atoms with Gasteiger partial charge in [-0.1, -0.05) is 19.1 Å². The van der Waals surface area contributed by atoms with E-state index < -0.39 is 0 Å². The molecule has 1 aliphatic heterocycles. The summed E-state index contributed by atoms with van der Waals surface area (Å²) in [5.74, 6) is -0.150. The summed E-state index contributed by atoms with van der Waals surface area (Å²) in [4.78, 5) is 0. The molecule has 1 N–H and O–H groups in total. The van der Waals surface area contributed by atoms with Crippen molar-refractivity contribution >= 4 is 0 Å². The van der Waals surface area contributed by atoms with Crippen LogP contribution in [0, 0.1) is 11.2 Å². The number of hydrogen-bond acceptors (Lipinski definition) is 1. The summed E-state index contributed by atoms with van der Waals surface area (Å²) in [7, 11) is 0. The molecule has 0 spiro atoms. The Kier molecular flexibility index (Phi) is 2.55. The molecule has 1 aromatic carbocycles. The molecule has 1 heterocycles. The van der Waals surface area contributed by atoms with Crippen molar-refractivity contribution in [2.75, 3.05) is 13.1 Å². The molecule has 14 heavy (non-hydrogen) atoms. The maximum absolute atomic E-state index is 12.7. The first-order valence-corrected chi connectivity index (χ1v) is 5.13. The monoisotopic (exact) mass is 193 g/mol. The molecule has 1 atom stereocenters. The molecule has 76 valence electrons. The molecule has 1 unspecified atom stereocenters. The van der Waals surface area contributed by atoms with Crippen LogP contribution in [0.2, 0.25) is 0 Å². The van der Waals surface area contributed by atoms with Crippen LogP contribution in [-0.2, 0) is 6.42 Å². The number of nitrogens with one attached hydrogen (secondary N) is 1. The SMILES string of the molecule is CC1(Cc2ccc(F)cc2)CCNC1. The van der Waals surface area contributed by atoms with Crippen LogP contribution in [0.3, 0.4) is 0 Å². The van der Waals surface area contributed by atoms with Gasteiger partial charge in [-0.25, -0.2) is 4.39 Å². The van der Waals surface area contributed by atoms with E-state index in [1.54, 1.807) is 12.1 Å². The second kappa shape index (κ2) is 3.70.